The average molecular weight is 315 g/mol. The van der Waals surface area contributed by atoms with Gasteiger partial charge in [0.2, 0.25) is 5.91 Å². The van der Waals surface area contributed by atoms with E-state index < -0.39 is 5.82 Å². The summed E-state index contributed by atoms with van der Waals surface area (Å²) >= 11 is 5.93. The minimum atomic E-state index is -0.560. The monoisotopic (exact) mass is 314 g/mol. The second-order valence-corrected chi connectivity index (χ2v) is 4.86. The van der Waals surface area contributed by atoms with Crippen molar-refractivity contribution < 1.29 is 14.0 Å². The molecule has 0 atom stereocenters. The molecule has 0 saturated heterocycles. The van der Waals surface area contributed by atoms with Crippen LogP contribution in [-0.2, 0) is 9.63 Å². The fraction of sp³-hybridized carbons (Fsp3) is 0.467. The van der Waals surface area contributed by atoms with Gasteiger partial charge >= 0.3 is 0 Å². The first-order chi connectivity index (χ1) is 10.1. The lowest BCUT2D eigenvalue weighted by atomic mass is 10.2. The maximum atomic E-state index is 13.8. The van der Waals surface area contributed by atoms with E-state index in [1.807, 2.05) is 13.8 Å². The molecule has 1 fully saturated rings. The summed E-state index contributed by atoms with van der Waals surface area (Å²) in [5, 5.41) is 6.40. The number of rotatable bonds is 4. The molecule has 1 N–H and O–H groups in total. The van der Waals surface area contributed by atoms with Crippen molar-refractivity contribution in [1.29, 1.82) is 0 Å². The van der Waals surface area contributed by atoms with E-state index >= 15 is 0 Å². The lowest BCUT2D eigenvalue weighted by molar-refractivity contribution is -0.117. The standard InChI is InChI=1S/C13H14ClFN2O2.C2H6/c1-8(18)16-13(17-19-7-9-5-6-9)12-10(14)3-2-4-11(12)15;1-2/h2-4,9H,5-7H2,1H3,(H,16,17,18);1-2H3. The molecule has 1 amide bonds. The zero-order chi connectivity index (χ0) is 15.8. The highest BCUT2D eigenvalue weighted by Crippen LogP contribution is 2.29. The van der Waals surface area contributed by atoms with Crippen LogP contribution in [0, 0.1) is 11.7 Å². The number of carbonyl (C=O) groups is 1. The third kappa shape index (κ3) is 5.71. The largest absolute Gasteiger partial charge is 0.394 e. The Bertz CT molecular complexity index is 496. The smallest absolute Gasteiger partial charge is 0.222 e. The summed E-state index contributed by atoms with van der Waals surface area (Å²) in [4.78, 5) is 16.3. The molecule has 0 unspecified atom stereocenters. The number of nitrogens with one attached hydrogen (secondary N) is 1. The number of benzene rings is 1. The van der Waals surface area contributed by atoms with Gasteiger partial charge in [0.25, 0.3) is 0 Å². The van der Waals surface area contributed by atoms with Crippen LogP contribution in [0.5, 0.6) is 0 Å². The topological polar surface area (TPSA) is 50.7 Å². The lowest BCUT2D eigenvalue weighted by Crippen LogP contribution is -2.30. The molecule has 0 aromatic heterocycles. The van der Waals surface area contributed by atoms with E-state index in [0.717, 1.165) is 12.8 Å². The maximum absolute atomic E-state index is 13.8. The zero-order valence-electron chi connectivity index (χ0n) is 12.5. The molecule has 1 saturated carbocycles. The van der Waals surface area contributed by atoms with Gasteiger partial charge in [0, 0.05) is 6.92 Å². The fourth-order valence-corrected chi connectivity index (χ4v) is 1.77. The van der Waals surface area contributed by atoms with Crippen molar-refractivity contribution in [2.75, 3.05) is 6.61 Å². The quantitative estimate of drug-likeness (QED) is 0.523. The third-order valence-corrected chi connectivity index (χ3v) is 2.97. The van der Waals surface area contributed by atoms with Crippen molar-refractivity contribution in [3.8, 4) is 0 Å². The number of amides is 1. The number of nitrogens with zero attached hydrogens (tertiary/aromatic N) is 1. The van der Waals surface area contributed by atoms with Crippen LogP contribution in [0.4, 0.5) is 4.39 Å². The first-order valence-corrected chi connectivity index (χ1v) is 7.37. The van der Waals surface area contributed by atoms with Gasteiger partial charge in [-0.05, 0) is 30.9 Å². The van der Waals surface area contributed by atoms with Gasteiger partial charge in [-0.2, -0.15) is 0 Å². The van der Waals surface area contributed by atoms with Crippen LogP contribution >= 0.6 is 11.6 Å². The number of amidine groups is 1. The number of carbonyl (C=O) groups excluding carboxylic acids is 1. The van der Waals surface area contributed by atoms with Gasteiger partial charge in [-0.3, -0.25) is 4.79 Å². The van der Waals surface area contributed by atoms with Crippen LogP contribution in [0.2, 0.25) is 5.02 Å². The molecule has 1 aliphatic rings. The van der Waals surface area contributed by atoms with Gasteiger partial charge in [0.1, 0.15) is 12.4 Å². The minimum Gasteiger partial charge on any atom is -0.394 e. The normalized spacial score (nSPS) is 14.0. The zero-order valence-corrected chi connectivity index (χ0v) is 13.2. The highest BCUT2D eigenvalue weighted by molar-refractivity contribution is 6.34. The van der Waals surface area contributed by atoms with Crippen LogP contribution in [0.3, 0.4) is 0 Å². The molecule has 1 aromatic carbocycles. The van der Waals surface area contributed by atoms with Crippen LogP contribution in [0.25, 0.3) is 0 Å². The first kappa shape index (κ1) is 17.4. The first-order valence-electron chi connectivity index (χ1n) is 7.00. The van der Waals surface area contributed by atoms with E-state index in [4.69, 9.17) is 16.4 Å². The predicted octanol–water partition coefficient (Wildman–Crippen LogP) is 3.73. The Morgan fingerprint density at radius 2 is 2.14 bits per heavy atom. The lowest BCUT2D eigenvalue weighted by Gasteiger charge is -2.09. The summed E-state index contributed by atoms with van der Waals surface area (Å²) in [5.41, 5.74) is 0.0372. The van der Waals surface area contributed by atoms with Crippen LogP contribution < -0.4 is 5.32 Å². The van der Waals surface area contributed by atoms with Crippen molar-refractivity contribution in [1.82, 2.24) is 5.32 Å². The van der Waals surface area contributed by atoms with Crippen molar-refractivity contribution in [2.45, 2.75) is 33.6 Å². The second kappa shape index (κ2) is 8.62. The fourth-order valence-electron chi connectivity index (χ4n) is 1.51. The van der Waals surface area contributed by atoms with E-state index in [0.29, 0.717) is 12.5 Å². The minimum absolute atomic E-state index is 0.00347. The van der Waals surface area contributed by atoms with Crippen molar-refractivity contribution >= 4 is 23.3 Å². The molecule has 0 bridgehead atoms. The predicted molar refractivity (Wildman–Crippen MR) is 81.8 cm³/mol. The van der Waals surface area contributed by atoms with E-state index in [1.54, 1.807) is 0 Å². The maximum Gasteiger partial charge on any atom is 0.222 e. The van der Waals surface area contributed by atoms with Crippen molar-refractivity contribution in [2.24, 2.45) is 11.1 Å². The Morgan fingerprint density at radius 3 is 2.67 bits per heavy atom. The molecular formula is C15H20ClFN2O2. The summed E-state index contributed by atoms with van der Waals surface area (Å²) in [6, 6.07) is 4.26. The summed E-state index contributed by atoms with van der Waals surface area (Å²) in [7, 11) is 0. The molecule has 21 heavy (non-hydrogen) atoms. The van der Waals surface area contributed by atoms with Gasteiger partial charge in [-0.1, -0.05) is 36.7 Å². The molecule has 4 nitrogen and oxygen atoms in total. The molecular weight excluding hydrogens is 295 g/mol. The Labute approximate surface area is 129 Å². The molecule has 116 valence electrons. The molecule has 0 heterocycles. The summed E-state index contributed by atoms with van der Waals surface area (Å²) in [5.74, 6) is -0.419. The molecule has 0 radical (unpaired) electrons. The molecule has 6 heteroatoms. The Morgan fingerprint density at radius 1 is 1.48 bits per heavy atom. The number of hydrogen-bond donors (Lipinski definition) is 1. The Kier molecular flexibility index (Phi) is 7.15. The van der Waals surface area contributed by atoms with Gasteiger partial charge in [0.15, 0.2) is 5.84 Å². The van der Waals surface area contributed by atoms with Crippen molar-refractivity contribution in [3.63, 3.8) is 0 Å². The summed E-state index contributed by atoms with van der Waals surface area (Å²) in [6.07, 6.45) is 2.23. The van der Waals surface area contributed by atoms with Gasteiger partial charge in [0.05, 0.1) is 10.6 Å². The van der Waals surface area contributed by atoms with Crippen LogP contribution in [-0.4, -0.2) is 18.3 Å². The average Bonchev–Trinajstić information content (AvgIpc) is 3.24. The van der Waals surface area contributed by atoms with E-state index in [1.165, 1.54) is 25.1 Å². The van der Waals surface area contributed by atoms with Gasteiger partial charge in [-0.15, -0.1) is 0 Å². The van der Waals surface area contributed by atoms with Crippen LogP contribution in [0.15, 0.2) is 23.4 Å². The Balaban J connectivity index is 0.00000106. The van der Waals surface area contributed by atoms with E-state index in [9.17, 15) is 9.18 Å². The summed E-state index contributed by atoms with van der Waals surface area (Å²) < 4.78 is 13.8. The van der Waals surface area contributed by atoms with Crippen molar-refractivity contribution in [3.05, 3.63) is 34.6 Å². The van der Waals surface area contributed by atoms with Gasteiger partial charge < -0.3 is 10.2 Å². The van der Waals surface area contributed by atoms with Crippen LogP contribution in [0.1, 0.15) is 39.2 Å². The molecule has 1 aromatic rings. The summed E-state index contributed by atoms with van der Waals surface area (Å²) in [6.45, 7) is 5.78. The van der Waals surface area contributed by atoms with E-state index in [-0.39, 0.29) is 22.3 Å². The van der Waals surface area contributed by atoms with E-state index in [2.05, 4.69) is 10.5 Å². The third-order valence-electron chi connectivity index (χ3n) is 2.66. The molecule has 2 rings (SSSR count). The highest BCUT2D eigenvalue weighted by Gasteiger charge is 2.22. The second-order valence-electron chi connectivity index (χ2n) is 4.46. The molecule has 1 aliphatic carbocycles. The van der Waals surface area contributed by atoms with Gasteiger partial charge in [-0.25, -0.2) is 4.39 Å². The number of hydrogen-bond acceptors (Lipinski definition) is 3. The Hall–Kier alpha value is -1.62. The number of halogens is 2. The molecule has 0 aliphatic heterocycles. The SMILES string of the molecule is CC.CC(=O)N/C(=N/OCC1CC1)c1c(F)cccc1Cl. The number of oxime groups is 1. The highest BCUT2D eigenvalue weighted by atomic mass is 35.5. The molecule has 0 spiro atoms.